The summed E-state index contributed by atoms with van der Waals surface area (Å²) in [4.78, 5) is 16.9. The van der Waals surface area contributed by atoms with Gasteiger partial charge in [-0.15, -0.1) is 0 Å². The van der Waals surface area contributed by atoms with Gasteiger partial charge in [0.2, 0.25) is 0 Å². The molecule has 8 heteroatoms. The van der Waals surface area contributed by atoms with Crippen molar-refractivity contribution in [2.75, 3.05) is 12.4 Å². The van der Waals surface area contributed by atoms with Crippen LogP contribution in [0.1, 0.15) is 10.4 Å². The first kappa shape index (κ1) is 16.2. The SMILES string of the molecule is COc1ccc(-c2[nH]ncc2C(=O)Nc2nc3ccc(F)cc3s2)cc1. The van der Waals surface area contributed by atoms with Gasteiger partial charge < -0.3 is 4.74 Å². The monoisotopic (exact) mass is 368 g/mol. The third-order valence-electron chi connectivity index (χ3n) is 3.83. The smallest absolute Gasteiger partial charge is 0.261 e. The number of hydrogen-bond donors (Lipinski definition) is 2. The number of ether oxygens (including phenoxy) is 1. The van der Waals surface area contributed by atoms with Gasteiger partial charge in [0.05, 0.1) is 34.8 Å². The van der Waals surface area contributed by atoms with E-state index in [2.05, 4.69) is 20.5 Å². The number of hydrogen-bond acceptors (Lipinski definition) is 5. The van der Waals surface area contributed by atoms with Crippen molar-refractivity contribution in [3.63, 3.8) is 0 Å². The number of anilines is 1. The number of nitrogens with one attached hydrogen (secondary N) is 2. The number of amides is 1. The molecule has 26 heavy (non-hydrogen) atoms. The molecule has 2 N–H and O–H groups in total. The Kier molecular flexibility index (Phi) is 4.10. The highest BCUT2D eigenvalue weighted by Crippen LogP contribution is 2.28. The molecular formula is C18H13FN4O2S. The van der Waals surface area contributed by atoms with Gasteiger partial charge >= 0.3 is 0 Å². The molecule has 0 atom stereocenters. The maximum Gasteiger partial charge on any atom is 0.261 e. The van der Waals surface area contributed by atoms with E-state index in [1.807, 2.05) is 12.1 Å². The maximum atomic E-state index is 13.3. The van der Waals surface area contributed by atoms with Crippen molar-refractivity contribution in [2.45, 2.75) is 0 Å². The van der Waals surface area contributed by atoms with Crippen LogP contribution in [0.5, 0.6) is 5.75 Å². The first-order valence-electron chi connectivity index (χ1n) is 7.69. The van der Waals surface area contributed by atoms with E-state index in [0.717, 1.165) is 11.3 Å². The number of carbonyl (C=O) groups is 1. The van der Waals surface area contributed by atoms with E-state index in [-0.39, 0.29) is 11.7 Å². The quantitative estimate of drug-likeness (QED) is 0.569. The van der Waals surface area contributed by atoms with Gasteiger partial charge in [0.1, 0.15) is 11.6 Å². The number of aromatic amines is 1. The molecule has 2 aromatic heterocycles. The molecule has 0 radical (unpaired) electrons. The maximum absolute atomic E-state index is 13.3. The fourth-order valence-corrected chi connectivity index (χ4v) is 3.44. The molecule has 0 saturated carbocycles. The number of aromatic nitrogens is 3. The van der Waals surface area contributed by atoms with Crippen LogP contribution in [0.4, 0.5) is 9.52 Å². The summed E-state index contributed by atoms with van der Waals surface area (Å²) in [6.45, 7) is 0. The van der Waals surface area contributed by atoms with Gasteiger partial charge in [0.25, 0.3) is 5.91 Å². The third-order valence-corrected chi connectivity index (χ3v) is 4.77. The van der Waals surface area contributed by atoms with Gasteiger partial charge in [0.15, 0.2) is 5.13 Å². The summed E-state index contributed by atoms with van der Waals surface area (Å²) in [5, 5.41) is 9.96. The summed E-state index contributed by atoms with van der Waals surface area (Å²) >= 11 is 1.21. The van der Waals surface area contributed by atoms with E-state index in [1.165, 1.54) is 29.7 Å². The fourth-order valence-electron chi connectivity index (χ4n) is 2.55. The molecule has 4 aromatic rings. The van der Waals surface area contributed by atoms with Crippen molar-refractivity contribution in [1.29, 1.82) is 0 Å². The Hall–Kier alpha value is -3.26. The predicted molar refractivity (Wildman–Crippen MR) is 98.1 cm³/mol. The second-order valence-electron chi connectivity index (χ2n) is 5.47. The zero-order valence-corrected chi connectivity index (χ0v) is 14.4. The highest BCUT2D eigenvalue weighted by molar-refractivity contribution is 7.22. The van der Waals surface area contributed by atoms with Crippen molar-refractivity contribution in [2.24, 2.45) is 0 Å². The molecule has 0 aliphatic rings. The van der Waals surface area contributed by atoms with E-state index in [0.29, 0.717) is 26.6 Å². The topological polar surface area (TPSA) is 79.9 Å². The average molecular weight is 368 g/mol. The molecular weight excluding hydrogens is 355 g/mol. The van der Waals surface area contributed by atoms with Crippen LogP contribution in [-0.4, -0.2) is 28.2 Å². The van der Waals surface area contributed by atoms with Crippen molar-refractivity contribution in [1.82, 2.24) is 15.2 Å². The predicted octanol–water partition coefficient (Wildman–Crippen LogP) is 4.09. The van der Waals surface area contributed by atoms with Gasteiger partial charge in [0, 0.05) is 5.56 Å². The number of fused-ring (bicyclic) bond motifs is 1. The van der Waals surface area contributed by atoms with Gasteiger partial charge in [-0.25, -0.2) is 9.37 Å². The van der Waals surface area contributed by atoms with E-state index in [4.69, 9.17) is 4.74 Å². The van der Waals surface area contributed by atoms with Crippen molar-refractivity contribution >= 4 is 32.6 Å². The minimum Gasteiger partial charge on any atom is -0.497 e. The molecule has 0 aliphatic heterocycles. The first-order chi connectivity index (χ1) is 12.6. The lowest BCUT2D eigenvalue weighted by atomic mass is 10.1. The lowest BCUT2D eigenvalue weighted by Crippen LogP contribution is -2.12. The molecule has 0 spiro atoms. The van der Waals surface area contributed by atoms with Gasteiger partial charge in [-0.05, 0) is 42.5 Å². The molecule has 0 aliphatic carbocycles. The number of benzene rings is 2. The van der Waals surface area contributed by atoms with Crippen molar-refractivity contribution in [3.8, 4) is 17.0 Å². The second-order valence-corrected chi connectivity index (χ2v) is 6.50. The number of nitrogens with zero attached hydrogens (tertiary/aromatic N) is 2. The number of rotatable bonds is 4. The summed E-state index contributed by atoms with van der Waals surface area (Å²) < 4.78 is 19.1. The molecule has 0 fully saturated rings. The Morgan fingerprint density at radius 3 is 2.81 bits per heavy atom. The van der Waals surface area contributed by atoms with Crippen LogP contribution in [0, 0.1) is 5.82 Å². The normalized spacial score (nSPS) is 10.8. The second kappa shape index (κ2) is 6.57. The van der Waals surface area contributed by atoms with Crippen molar-refractivity contribution in [3.05, 3.63) is 60.0 Å². The molecule has 1 amide bonds. The molecule has 6 nitrogen and oxygen atoms in total. The van der Waals surface area contributed by atoms with Gasteiger partial charge in [-0.3, -0.25) is 15.2 Å². The summed E-state index contributed by atoms with van der Waals surface area (Å²) in [6.07, 6.45) is 1.46. The number of thiazole rings is 1. The Bertz CT molecular complexity index is 1090. The van der Waals surface area contributed by atoms with Crippen LogP contribution in [0.25, 0.3) is 21.5 Å². The van der Waals surface area contributed by atoms with Gasteiger partial charge in [-0.2, -0.15) is 5.10 Å². The van der Waals surface area contributed by atoms with E-state index in [1.54, 1.807) is 25.3 Å². The molecule has 0 unspecified atom stereocenters. The van der Waals surface area contributed by atoms with E-state index < -0.39 is 0 Å². The third kappa shape index (κ3) is 3.02. The molecule has 130 valence electrons. The minimum atomic E-state index is -0.343. The highest BCUT2D eigenvalue weighted by Gasteiger charge is 2.17. The Balaban J connectivity index is 1.61. The first-order valence-corrected chi connectivity index (χ1v) is 8.51. The van der Waals surface area contributed by atoms with Crippen LogP contribution in [0.2, 0.25) is 0 Å². The van der Waals surface area contributed by atoms with Crippen molar-refractivity contribution < 1.29 is 13.9 Å². The average Bonchev–Trinajstić information content (AvgIpc) is 3.28. The van der Waals surface area contributed by atoms with E-state index >= 15 is 0 Å². The number of H-pyrrole nitrogens is 1. The summed E-state index contributed by atoms with van der Waals surface area (Å²) in [6, 6.07) is 11.6. The fraction of sp³-hybridized carbons (Fsp3) is 0.0556. The van der Waals surface area contributed by atoms with Crippen LogP contribution < -0.4 is 10.1 Å². The zero-order chi connectivity index (χ0) is 18.1. The molecule has 2 aromatic carbocycles. The number of carbonyl (C=O) groups excluding carboxylic acids is 1. The van der Waals surface area contributed by atoms with Crippen LogP contribution in [0.15, 0.2) is 48.7 Å². The van der Waals surface area contributed by atoms with Crippen LogP contribution in [0.3, 0.4) is 0 Å². The minimum absolute atomic E-state index is 0.337. The van der Waals surface area contributed by atoms with E-state index in [9.17, 15) is 9.18 Å². The Morgan fingerprint density at radius 1 is 1.23 bits per heavy atom. The summed E-state index contributed by atoms with van der Waals surface area (Å²) in [5.41, 5.74) is 2.42. The highest BCUT2D eigenvalue weighted by atomic mass is 32.1. The summed E-state index contributed by atoms with van der Waals surface area (Å²) in [5.74, 6) is 0.0423. The molecule has 2 heterocycles. The largest absolute Gasteiger partial charge is 0.497 e. The molecule has 4 rings (SSSR count). The van der Waals surface area contributed by atoms with Crippen LogP contribution >= 0.6 is 11.3 Å². The van der Waals surface area contributed by atoms with Crippen LogP contribution in [-0.2, 0) is 0 Å². The Morgan fingerprint density at radius 2 is 2.04 bits per heavy atom. The summed E-state index contributed by atoms with van der Waals surface area (Å²) in [7, 11) is 1.59. The lowest BCUT2D eigenvalue weighted by molar-refractivity contribution is 0.102. The lowest BCUT2D eigenvalue weighted by Gasteiger charge is -2.05. The zero-order valence-electron chi connectivity index (χ0n) is 13.6. The Labute approximate surface area is 151 Å². The number of halogens is 1. The van der Waals surface area contributed by atoms with Gasteiger partial charge in [-0.1, -0.05) is 11.3 Å². The standard InChI is InChI=1S/C18H13FN4O2S/c1-25-12-5-2-10(3-6-12)16-13(9-20-23-16)17(24)22-18-21-14-7-4-11(19)8-15(14)26-18/h2-9H,1H3,(H,20,23)(H,21,22,24). The molecule has 0 bridgehead atoms. The molecule has 0 saturated heterocycles. The number of methoxy groups -OCH3 is 1.